The molecule has 3 rings (SSSR count). The van der Waals surface area contributed by atoms with E-state index in [0.717, 1.165) is 25.1 Å². The summed E-state index contributed by atoms with van der Waals surface area (Å²) in [4.78, 5) is 16.5. The van der Waals surface area contributed by atoms with Crippen molar-refractivity contribution in [3.8, 4) is 0 Å². The smallest absolute Gasteiger partial charge is 0.254 e. The van der Waals surface area contributed by atoms with Crippen molar-refractivity contribution in [2.75, 3.05) is 6.54 Å². The highest BCUT2D eigenvalue weighted by molar-refractivity contribution is 5.94. The van der Waals surface area contributed by atoms with Gasteiger partial charge in [-0.05, 0) is 25.8 Å². The largest absolute Gasteiger partial charge is 0.469 e. The number of hydrogen-bond acceptors (Lipinski definition) is 3. The molecule has 2 aromatic heterocycles. The van der Waals surface area contributed by atoms with Crippen LogP contribution >= 0.6 is 0 Å². The van der Waals surface area contributed by atoms with Crippen molar-refractivity contribution < 1.29 is 9.21 Å². The summed E-state index contributed by atoms with van der Waals surface area (Å²) >= 11 is 0. The molecule has 0 saturated carbocycles. The third-order valence-corrected chi connectivity index (χ3v) is 3.73. The minimum atomic E-state index is -0.0831. The number of nitrogens with one attached hydrogen (secondary N) is 1. The van der Waals surface area contributed by atoms with Gasteiger partial charge < -0.3 is 14.3 Å². The second-order valence-corrected chi connectivity index (χ2v) is 5.20. The Kier molecular flexibility index (Phi) is 3.58. The Morgan fingerprint density at radius 2 is 2.40 bits per heavy atom. The van der Waals surface area contributed by atoms with Crippen molar-refractivity contribution >= 4 is 5.91 Å². The van der Waals surface area contributed by atoms with Gasteiger partial charge in [-0.15, -0.1) is 0 Å². The van der Waals surface area contributed by atoms with Crippen molar-refractivity contribution in [2.24, 2.45) is 0 Å². The lowest BCUT2D eigenvalue weighted by atomic mass is 10.2. The number of rotatable bonds is 4. The molecule has 0 unspecified atom stereocenters. The number of carbonyl (C=O) groups excluding carboxylic acids is 1. The van der Waals surface area contributed by atoms with Crippen LogP contribution in [0.1, 0.15) is 40.5 Å². The van der Waals surface area contributed by atoms with Gasteiger partial charge in [0, 0.05) is 32.1 Å². The first-order valence-electron chi connectivity index (χ1n) is 7.11. The molecule has 2 aromatic rings. The van der Waals surface area contributed by atoms with E-state index in [4.69, 9.17) is 4.42 Å². The van der Waals surface area contributed by atoms with E-state index >= 15 is 0 Å². The minimum Gasteiger partial charge on any atom is -0.469 e. The van der Waals surface area contributed by atoms with Crippen LogP contribution in [0.3, 0.4) is 0 Å². The first-order valence-corrected chi connectivity index (χ1v) is 7.11. The summed E-state index contributed by atoms with van der Waals surface area (Å²) in [6.07, 6.45) is 7.95. The van der Waals surface area contributed by atoms with Gasteiger partial charge in [-0.2, -0.15) is 0 Å². The maximum atomic E-state index is 11.9. The summed E-state index contributed by atoms with van der Waals surface area (Å²) < 4.78 is 7.37. The number of fused-ring (bicyclic) bond motifs is 1. The lowest BCUT2D eigenvalue weighted by Crippen LogP contribution is -2.25. The number of amides is 1. The van der Waals surface area contributed by atoms with Crippen LogP contribution in [-0.2, 0) is 19.4 Å². The fourth-order valence-electron chi connectivity index (χ4n) is 2.61. The lowest BCUT2D eigenvalue weighted by molar-refractivity contribution is 0.0952. The molecule has 0 saturated heterocycles. The van der Waals surface area contributed by atoms with Gasteiger partial charge in [-0.3, -0.25) is 4.79 Å². The summed E-state index contributed by atoms with van der Waals surface area (Å²) in [6.45, 7) is 3.46. The molecular weight excluding hydrogens is 254 g/mol. The maximum Gasteiger partial charge on any atom is 0.254 e. The molecular formula is C15H19N3O2. The van der Waals surface area contributed by atoms with Crippen molar-refractivity contribution in [1.82, 2.24) is 14.9 Å². The zero-order valence-electron chi connectivity index (χ0n) is 11.7. The lowest BCUT2D eigenvalue weighted by Gasteiger charge is -2.11. The van der Waals surface area contributed by atoms with E-state index in [0.29, 0.717) is 17.9 Å². The fraction of sp³-hybridized carbons (Fsp3) is 0.467. The average Bonchev–Trinajstić information content (AvgIpc) is 3.04. The highest BCUT2D eigenvalue weighted by Crippen LogP contribution is 2.14. The zero-order valence-corrected chi connectivity index (χ0v) is 11.7. The molecule has 1 aliphatic heterocycles. The van der Waals surface area contributed by atoms with Gasteiger partial charge in [0.25, 0.3) is 5.91 Å². The standard InChI is InChI=1S/C15H19N3O2/c1-11-13(6-9-20-11)15(19)16-7-5-12-10-18-8-3-2-4-14(18)17-12/h6,9-10H,2-5,7-8H2,1H3,(H,16,19). The number of aryl methyl sites for hydroxylation is 3. The predicted molar refractivity (Wildman–Crippen MR) is 74.6 cm³/mol. The summed E-state index contributed by atoms with van der Waals surface area (Å²) in [5, 5.41) is 2.91. The van der Waals surface area contributed by atoms with E-state index in [1.807, 2.05) is 0 Å². The summed E-state index contributed by atoms with van der Waals surface area (Å²) in [7, 11) is 0. The van der Waals surface area contributed by atoms with Crippen molar-refractivity contribution in [3.63, 3.8) is 0 Å². The zero-order chi connectivity index (χ0) is 13.9. The Bertz CT molecular complexity index is 589. The third kappa shape index (κ3) is 2.61. The molecule has 20 heavy (non-hydrogen) atoms. The second-order valence-electron chi connectivity index (χ2n) is 5.20. The van der Waals surface area contributed by atoms with E-state index in [9.17, 15) is 4.79 Å². The first-order chi connectivity index (χ1) is 9.74. The van der Waals surface area contributed by atoms with Crippen LogP contribution in [0.5, 0.6) is 0 Å². The molecule has 3 heterocycles. The molecule has 0 aliphatic carbocycles. The van der Waals surface area contributed by atoms with Gasteiger partial charge in [-0.25, -0.2) is 4.98 Å². The van der Waals surface area contributed by atoms with Gasteiger partial charge in [-0.1, -0.05) is 0 Å². The fourth-order valence-corrected chi connectivity index (χ4v) is 2.61. The van der Waals surface area contributed by atoms with Crippen LogP contribution in [0, 0.1) is 6.92 Å². The van der Waals surface area contributed by atoms with E-state index in [-0.39, 0.29) is 5.91 Å². The Hall–Kier alpha value is -2.04. The highest BCUT2D eigenvalue weighted by atomic mass is 16.3. The van der Waals surface area contributed by atoms with Crippen LogP contribution < -0.4 is 5.32 Å². The topological polar surface area (TPSA) is 60.1 Å². The first kappa shape index (κ1) is 13.0. The molecule has 106 valence electrons. The molecule has 0 bridgehead atoms. The average molecular weight is 273 g/mol. The molecule has 0 aromatic carbocycles. The molecule has 0 atom stereocenters. The van der Waals surface area contributed by atoms with Crippen LogP contribution in [0.2, 0.25) is 0 Å². The maximum absolute atomic E-state index is 11.9. The molecule has 1 N–H and O–H groups in total. The van der Waals surface area contributed by atoms with Crippen molar-refractivity contribution in [1.29, 1.82) is 0 Å². The number of aromatic nitrogens is 2. The van der Waals surface area contributed by atoms with E-state index in [2.05, 4.69) is 21.1 Å². The quantitative estimate of drug-likeness (QED) is 0.928. The van der Waals surface area contributed by atoms with Gasteiger partial charge in [0.05, 0.1) is 17.5 Å². The Labute approximate surface area is 118 Å². The molecule has 0 spiro atoms. The predicted octanol–water partition coefficient (Wildman–Crippen LogP) is 2.09. The molecule has 5 heteroatoms. The number of hydrogen-bond donors (Lipinski definition) is 1. The molecule has 5 nitrogen and oxygen atoms in total. The van der Waals surface area contributed by atoms with Crippen LogP contribution in [0.25, 0.3) is 0 Å². The van der Waals surface area contributed by atoms with E-state index < -0.39 is 0 Å². The van der Waals surface area contributed by atoms with Crippen LogP contribution in [0.4, 0.5) is 0 Å². The molecule has 0 fully saturated rings. The minimum absolute atomic E-state index is 0.0831. The highest BCUT2D eigenvalue weighted by Gasteiger charge is 2.13. The number of furan rings is 1. The third-order valence-electron chi connectivity index (χ3n) is 3.73. The van der Waals surface area contributed by atoms with E-state index in [1.54, 1.807) is 13.0 Å². The van der Waals surface area contributed by atoms with Crippen molar-refractivity contribution in [2.45, 2.75) is 39.2 Å². The van der Waals surface area contributed by atoms with Gasteiger partial charge in [0.2, 0.25) is 0 Å². The number of nitrogens with zero attached hydrogens (tertiary/aromatic N) is 2. The number of imidazole rings is 1. The summed E-state index contributed by atoms with van der Waals surface area (Å²) in [5.74, 6) is 1.75. The van der Waals surface area contributed by atoms with Gasteiger partial charge >= 0.3 is 0 Å². The normalized spacial score (nSPS) is 14.1. The molecule has 0 radical (unpaired) electrons. The van der Waals surface area contributed by atoms with Crippen LogP contribution in [-0.4, -0.2) is 22.0 Å². The Balaban J connectivity index is 1.54. The monoisotopic (exact) mass is 273 g/mol. The molecule has 1 aliphatic rings. The van der Waals surface area contributed by atoms with Gasteiger partial charge in [0.1, 0.15) is 11.6 Å². The van der Waals surface area contributed by atoms with E-state index in [1.165, 1.54) is 24.9 Å². The second kappa shape index (κ2) is 5.53. The molecule has 1 amide bonds. The summed E-state index contributed by atoms with van der Waals surface area (Å²) in [6, 6.07) is 1.69. The summed E-state index contributed by atoms with van der Waals surface area (Å²) in [5.41, 5.74) is 1.67. The van der Waals surface area contributed by atoms with Crippen LogP contribution in [0.15, 0.2) is 22.9 Å². The van der Waals surface area contributed by atoms with Gasteiger partial charge in [0.15, 0.2) is 0 Å². The Morgan fingerprint density at radius 3 is 3.15 bits per heavy atom. The van der Waals surface area contributed by atoms with Crippen molar-refractivity contribution in [3.05, 3.63) is 41.4 Å². The Morgan fingerprint density at radius 1 is 1.50 bits per heavy atom. The SMILES string of the molecule is Cc1occc1C(=O)NCCc1cn2c(n1)CCCC2. The number of carbonyl (C=O) groups is 1.